The Morgan fingerprint density at radius 1 is 1.15 bits per heavy atom. The molecule has 5 atom stereocenters. The molecule has 0 bridgehead atoms. The Hall–Kier alpha value is -2.80. The number of hydrogen-bond donors (Lipinski definition) is 2. The first-order valence-electron chi connectivity index (χ1n) is 13.8. The van der Waals surface area contributed by atoms with E-state index in [4.69, 9.17) is 4.99 Å². The zero-order chi connectivity index (χ0) is 27.6. The van der Waals surface area contributed by atoms with E-state index >= 15 is 0 Å². The quantitative estimate of drug-likeness (QED) is 0.527. The van der Waals surface area contributed by atoms with Gasteiger partial charge in [-0.05, 0) is 45.7 Å². The predicted octanol–water partition coefficient (Wildman–Crippen LogP) is 1.86. The lowest BCUT2D eigenvalue weighted by molar-refractivity contribution is -0.162. The number of piperazine rings is 1. The van der Waals surface area contributed by atoms with Gasteiger partial charge in [0.2, 0.25) is 5.91 Å². The van der Waals surface area contributed by atoms with Crippen LogP contribution < -0.4 is 10.6 Å². The van der Waals surface area contributed by atoms with Crippen LogP contribution in [0.15, 0.2) is 31.7 Å². The topological polar surface area (TPSA) is 100 Å². The van der Waals surface area contributed by atoms with Crippen molar-refractivity contribution < 1.29 is 18.0 Å². The van der Waals surface area contributed by atoms with Gasteiger partial charge in [0.25, 0.3) is 0 Å². The zero-order valence-corrected chi connectivity index (χ0v) is 22.6. The highest BCUT2D eigenvalue weighted by molar-refractivity contribution is 5.95. The number of alkyl halides is 3. The van der Waals surface area contributed by atoms with Crippen LogP contribution in [0, 0.1) is 11.8 Å². The predicted molar refractivity (Wildman–Crippen MR) is 145 cm³/mol. The maximum Gasteiger partial charge on any atom is 0.397 e. The third-order valence-electron chi connectivity index (χ3n) is 8.14. The Labute approximate surface area is 227 Å². The summed E-state index contributed by atoms with van der Waals surface area (Å²) >= 11 is 0. The van der Waals surface area contributed by atoms with Gasteiger partial charge in [0.1, 0.15) is 25.1 Å². The second kappa shape index (κ2) is 11.7. The molecule has 1 amide bonds. The summed E-state index contributed by atoms with van der Waals surface area (Å²) in [5, 5.41) is 6.98. The third kappa shape index (κ3) is 7.24. The van der Waals surface area contributed by atoms with Gasteiger partial charge in [-0.15, -0.1) is 0 Å². The molecule has 2 saturated heterocycles. The van der Waals surface area contributed by atoms with Crippen LogP contribution in [0.5, 0.6) is 0 Å². The molecule has 2 N–H and O–H groups in total. The number of rotatable bonds is 6. The molecule has 13 heteroatoms. The highest BCUT2D eigenvalue weighted by Crippen LogP contribution is 2.30. The van der Waals surface area contributed by atoms with Crippen LogP contribution in [0.3, 0.4) is 0 Å². The van der Waals surface area contributed by atoms with E-state index in [9.17, 15) is 18.0 Å². The lowest BCUT2D eigenvalue weighted by Gasteiger charge is -2.37. The molecule has 5 rings (SSSR count). The van der Waals surface area contributed by atoms with E-state index in [0.29, 0.717) is 38.0 Å². The normalized spacial score (nSPS) is 32.5. The number of fused-ring (bicyclic) bond motifs is 1. The van der Waals surface area contributed by atoms with Gasteiger partial charge in [0.15, 0.2) is 5.96 Å². The number of hydrogen-bond acceptors (Lipinski definition) is 7. The van der Waals surface area contributed by atoms with Crippen molar-refractivity contribution in [2.45, 2.75) is 63.1 Å². The van der Waals surface area contributed by atoms with Crippen molar-refractivity contribution in [2.24, 2.45) is 31.8 Å². The van der Waals surface area contributed by atoms with Crippen LogP contribution in [0.25, 0.3) is 0 Å². The largest absolute Gasteiger partial charge is 0.397 e. The molecular formula is C26H38F3N9O. The molecule has 2 fully saturated rings. The van der Waals surface area contributed by atoms with E-state index in [0.717, 1.165) is 50.3 Å². The summed E-state index contributed by atoms with van der Waals surface area (Å²) in [6, 6.07) is 0.182. The fraction of sp³-hybridized carbons (Fsp3) is 0.731. The van der Waals surface area contributed by atoms with Gasteiger partial charge < -0.3 is 15.5 Å². The van der Waals surface area contributed by atoms with Gasteiger partial charge in [-0.1, -0.05) is 6.08 Å². The number of halogens is 3. The maximum absolute atomic E-state index is 12.5. The second-order valence-electron chi connectivity index (χ2n) is 11.3. The number of carbonyl (C=O) groups excluding carboxylic acids is 1. The molecule has 10 nitrogen and oxygen atoms in total. The molecule has 0 spiro atoms. The van der Waals surface area contributed by atoms with Crippen molar-refractivity contribution in [3.8, 4) is 0 Å². The van der Waals surface area contributed by atoms with Gasteiger partial charge >= 0.3 is 6.18 Å². The van der Waals surface area contributed by atoms with Gasteiger partial charge in [0, 0.05) is 62.7 Å². The van der Waals surface area contributed by atoms with Crippen LogP contribution in [0.4, 0.5) is 13.2 Å². The van der Waals surface area contributed by atoms with Gasteiger partial charge in [-0.2, -0.15) is 13.2 Å². The van der Waals surface area contributed by atoms with Crippen LogP contribution in [-0.2, 0) is 4.79 Å². The lowest BCUT2D eigenvalue weighted by Crippen LogP contribution is -2.50. The Kier molecular flexibility index (Phi) is 8.36. The minimum Gasteiger partial charge on any atom is -0.348 e. The number of allylic oxidation sites excluding steroid dienone is 1. The monoisotopic (exact) mass is 549 g/mol. The summed E-state index contributed by atoms with van der Waals surface area (Å²) in [7, 11) is 4.08. The number of carbonyl (C=O) groups is 1. The van der Waals surface area contributed by atoms with Crippen LogP contribution >= 0.6 is 0 Å². The summed E-state index contributed by atoms with van der Waals surface area (Å²) in [6.45, 7) is 2.67. The molecule has 39 heavy (non-hydrogen) atoms. The average Bonchev–Trinajstić information content (AvgIpc) is 3.30. The Morgan fingerprint density at radius 2 is 1.95 bits per heavy atom. The summed E-state index contributed by atoms with van der Waals surface area (Å²) in [6.07, 6.45) is 4.43. The molecule has 0 saturated carbocycles. The molecule has 0 radical (unpaired) electrons. The first-order valence-corrected chi connectivity index (χ1v) is 13.8. The van der Waals surface area contributed by atoms with Gasteiger partial charge in [-0.3, -0.25) is 24.6 Å². The molecule has 5 aliphatic rings. The smallest absolute Gasteiger partial charge is 0.348 e. The van der Waals surface area contributed by atoms with Crippen molar-refractivity contribution in [3.05, 3.63) is 11.8 Å². The van der Waals surface area contributed by atoms with E-state index in [1.54, 1.807) is 6.34 Å². The molecule has 0 aromatic heterocycles. The molecular weight excluding hydrogens is 511 g/mol. The van der Waals surface area contributed by atoms with Crippen LogP contribution in [0.1, 0.15) is 38.5 Å². The number of amides is 1. The van der Waals surface area contributed by atoms with Gasteiger partial charge in [0.05, 0.1) is 6.04 Å². The Morgan fingerprint density at radius 3 is 2.69 bits per heavy atom. The van der Waals surface area contributed by atoms with Crippen molar-refractivity contribution in [1.82, 2.24) is 25.3 Å². The maximum atomic E-state index is 12.5. The molecule has 5 unspecified atom stereocenters. The van der Waals surface area contributed by atoms with E-state index in [2.05, 4.69) is 41.5 Å². The van der Waals surface area contributed by atoms with E-state index in [-0.39, 0.29) is 18.4 Å². The molecule has 0 aromatic carbocycles. The van der Waals surface area contributed by atoms with Crippen LogP contribution in [-0.4, -0.2) is 116 Å². The van der Waals surface area contributed by atoms with Crippen molar-refractivity contribution in [2.75, 3.05) is 46.8 Å². The Bertz CT molecular complexity index is 1060. The molecule has 4 heterocycles. The summed E-state index contributed by atoms with van der Waals surface area (Å²) in [5.41, 5.74) is 2.37. The molecule has 214 valence electrons. The summed E-state index contributed by atoms with van der Waals surface area (Å²) < 4.78 is 37.6. The number of aliphatic imine (C=N–C) groups is 4. The highest BCUT2D eigenvalue weighted by Gasteiger charge is 2.36. The SMILES string of the molecule is CN(C)C1CC(C2CC=C3NC(=NC4CC(CN5CCN(C(=O)CC(F)(F)F)CC5)CC=N4)NC3C2)=NC=N1. The summed E-state index contributed by atoms with van der Waals surface area (Å²) in [4.78, 5) is 36.1. The first kappa shape index (κ1) is 27.8. The van der Waals surface area contributed by atoms with E-state index in [1.807, 2.05) is 20.3 Å². The number of nitrogens with one attached hydrogen (secondary N) is 2. The average molecular weight is 550 g/mol. The number of guanidine groups is 1. The standard InChI is InChI=1S/C26H38F3N9O/c1-36(2)23-13-20(31-16-32-23)18-3-4-19-21(12-18)34-25(33-19)35-22-11-17(5-6-30-22)15-37-7-9-38(10-8-37)24(39)14-26(27,28)29/h4,6,16-18,21-23H,3,5,7-15H2,1-2H3,(H2,33,34,35). The van der Waals surface area contributed by atoms with Crippen molar-refractivity contribution in [1.29, 1.82) is 0 Å². The van der Waals surface area contributed by atoms with Crippen molar-refractivity contribution in [3.63, 3.8) is 0 Å². The van der Waals surface area contributed by atoms with Crippen LogP contribution in [0.2, 0.25) is 0 Å². The minimum absolute atomic E-state index is 0.146. The third-order valence-corrected chi connectivity index (χ3v) is 8.14. The molecule has 4 aliphatic heterocycles. The van der Waals surface area contributed by atoms with E-state index < -0.39 is 18.5 Å². The van der Waals surface area contributed by atoms with Gasteiger partial charge in [-0.25, -0.2) is 9.98 Å². The summed E-state index contributed by atoms with van der Waals surface area (Å²) in [5.74, 6) is 0.657. The van der Waals surface area contributed by atoms with E-state index in [1.165, 1.54) is 10.6 Å². The minimum atomic E-state index is -4.46. The molecule has 1 aliphatic carbocycles. The number of nitrogens with zero attached hydrogens (tertiary/aromatic N) is 7. The molecule has 0 aromatic rings. The van der Waals surface area contributed by atoms with Crippen molar-refractivity contribution >= 4 is 30.1 Å². The highest BCUT2D eigenvalue weighted by atomic mass is 19.4. The fourth-order valence-electron chi connectivity index (χ4n) is 5.94. The first-order chi connectivity index (χ1) is 18.6. The zero-order valence-electron chi connectivity index (χ0n) is 22.6. The fourth-order valence-corrected chi connectivity index (χ4v) is 5.94. The lowest BCUT2D eigenvalue weighted by atomic mass is 9.84. The Balaban J connectivity index is 1.09. The second-order valence-corrected chi connectivity index (χ2v) is 11.3.